The lowest BCUT2D eigenvalue weighted by Crippen LogP contribution is -2.52. The van der Waals surface area contributed by atoms with E-state index in [0.29, 0.717) is 19.4 Å². The van der Waals surface area contributed by atoms with Gasteiger partial charge in [-0.1, -0.05) is 53.9 Å². The highest BCUT2D eigenvalue weighted by atomic mass is 32.2. The number of nitriles is 1. The van der Waals surface area contributed by atoms with Crippen molar-refractivity contribution in [2.24, 2.45) is 0 Å². The van der Waals surface area contributed by atoms with E-state index >= 15 is 0 Å². The van der Waals surface area contributed by atoms with Gasteiger partial charge in [-0.15, -0.1) is 0 Å². The third-order valence-corrected chi connectivity index (χ3v) is 10.3. The van der Waals surface area contributed by atoms with Crippen molar-refractivity contribution in [1.82, 2.24) is 16.0 Å². The summed E-state index contributed by atoms with van der Waals surface area (Å²) in [7, 11) is -0.461. The molecule has 246 valence electrons. The van der Waals surface area contributed by atoms with Gasteiger partial charge in [0.2, 0.25) is 5.91 Å². The largest absolute Gasteiger partial charge is 0.449 e. The lowest BCUT2D eigenvalue weighted by Gasteiger charge is -2.23. The Morgan fingerprint density at radius 3 is 2.22 bits per heavy atom. The van der Waals surface area contributed by atoms with Crippen molar-refractivity contribution in [1.29, 1.82) is 5.26 Å². The van der Waals surface area contributed by atoms with Gasteiger partial charge in [0.1, 0.15) is 23.5 Å². The summed E-state index contributed by atoms with van der Waals surface area (Å²) in [5.41, 5.74) is 3.78. The van der Waals surface area contributed by atoms with E-state index in [9.17, 15) is 24.4 Å². The van der Waals surface area contributed by atoms with Crippen LogP contribution in [0.2, 0.25) is 0 Å². The molecule has 4 atom stereocenters. The number of carbonyl (C=O) groups is 4. The number of alkyl carbamates (subject to hydrolysis) is 2. The smallest absolute Gasteiger partial charge is 0.407 e. The Morgan fingerprint density at radius 1 is 0.978 bits per heavy atom. The van der Waals surface area contributed by atoms with E-state index in [2.05, 4.69) is 34.2 Å². The number of benzene rings is 2. The molecule has 2 aromatic rings. The van der Waals surface area contributed by atoms with Crippen LogP contribution >= 0.6 is 10.5 Å². The molecule has 1 aliphatic carbocycles. The van der Waals surface area contributed by atoms with Gasteiger partial charge in [0.05, 0.1) is 12.1 Å². The van der Waals surface area contributed by atoms with Gasteiger partial charge in [0, 0.05) is 12.5 Å². The molecule has 1 heterocycles. The van der Waals surface area contributed by atoms with Crippen LogP contribution in [0, 0.1) is 11.3 Å². The number of nitrogens with one attached hydrogen (secondary N) is 3. The standard InChI is InChI=1S/C35H44N4O6S/c1-23(38-34(43)44-22-28-26-15-7-5-13-24(26)25-14-6-8-16-27(25)28)32(41)39-29(31(40)30(21-36)46-19-11-12-20-46)17-9-10-18-37-33(42)45-35(2,3)4/h5-8,13-16,19,23,28-30H,9-12,17-18,20,22H2,1-4H3,(H,37,42)(H,38,43)(H,39,41)/t23-,29-,30?,46?/m0/s1. The van der Waals surface area contributed by atoms with Crippen LogP contribution in [-0.2, 0) is 19.1 Å². The topological polar surface area (TPSA) is 147 Å². The minimum atomic E-state index is -0.985. The highest BCUT2D eigenvalue weighted by Gasteiger charge is 2.33. The predicted molar refractivity (Wildman–Crippen MR) is 180 cm³/mol. The maximum absolute atomic E-state index is 13.6. The molecule has 46 heavy (non-hydrogen) atoms. The van der Waals surface area contributed by atoms with Crippen LogP contribution in [0.15, 0.2) is 48.5 Å². The molecule has 2 unspecified atom stereocenters. The molecule has 2 aromatic carbocycles. The molecule has 10 nitrogen and oxygen atoms in total. The average molecular weight is 649 g/mol. The number of hydrogen-bond acceptors (Lipinski definition) is 7. The zero-order valence-electron chi connectivity index (χ0n) is 27.0. The molecule has 0 aromatic heterocycles. The number of hydrogen-bond donors (Lipinski definition) is 3. The Hall–Kier alpha value is -4.17. The molecule has 4 rings (SSSR count). The first-order valence-electron chi connectivity index (χ1n) is 15.8. The SMILES string of the molecule is C[C@H](NC(=O)OCC1c2ccccc2-c2ccccc21)C(=O)N[C@@H](CCCCNC(=O)OC(C)(C)C)C(=O)C(C#N)S1=CCCC1. The average Bonchev–Trinajstić information content (AvgIpc) is 3.65. The normalized spacial score (nSPS) is 17.2. The number of ether oxygens (including phenoxy) is 2. The molecule has 1 aliphatic heterocycles. The van der Waals surface area contributed by atoms with E-state index in [1.807, 2.05) is 41.8 Å². The maximum atomic E-state index is 13.6. The fourth-order valence-electron chi connectivity index (χ4n) is 5.69. The van der Waals surface area contributed by atoms with Gasteiger partial charge >= 0.3 is 12.2 Å². The first kappa shape index (κ1) is 34.7. The Balaban J connectivity index is 1.33. The second-order valence-corrected chi connectivity index (χ2v) is 14.7. The second kappa shape index (κ2) is 15.9. The van der Waals surface area contributed by atoms with Crippen LogP contribution in [0.3, 0.4) is 0 Å². The van der Waals surface area contributed by atoms with Gasteiger partial charge in [-0.25, -0.2) is 9.59 Å². The van der Waals surface area contributed by atoms with Crippen LogP contribution in [-0.4, -0.2) is 71.1 Å². The molecular formula is C35H44N4O6S. The summed E-state index contributed by atoms with van der Waals surface area (Å²) in [5, 5.41) is 19.1. The molecule has 0 spiro atoms. The molecule has 0 radical (unpaired) electrons. The number of unbranched alkanes of at least 4 members (excludes halogenated alkanes) is 1. The Morgan fingerprint density at radius 2 is 1.63 bits per heavy atom. The number of Topliss-reactive ketones (excluding diaryl/α,β-unsaturated/α-hetero) is 1. The summed E-state index contributed by atoms with van der Waals surface area (Å²) in [5.74, 6) is -0.213. The Bertz CT molecular complexity index is 1470. The monoisotopic (exact) mass is 648 g/mol. The Kier molecular flexibility index (Phi) is 12.0. The van der Waals surface area contributed by atoms with Crippen LogP contribution in [0.25, 0.3) is 11.1 Å². The summed E-state index contributed by atoms with van der Waals surface area (Å²) in [6.45, 7) is 7.31. The minimum Gasteiger partial charge on any atom is -0.449 e. The molecule has 3 amide bonds. The highest BCUT2D eigenvalue weighted by Crippen LogP contribution is 2.44. The van der Waals surface area contributed by atoms with Crippen molar-refractivity contribution < 1.29 is 28.7 Å². The van der Waals surface area contributed by atoms with Gasteiger partial charge in [-0.2, -0.15) is 15.7 Å². The van der Waals surface area contributed by atoms with Crippen molar-refractivity contribution >= 4 is 39.7 Å². The summed E-state index contributed by atoms with van der Waals surface area (Å²) in [6, 6.07) is 16.3. The van der Waals surface area contributed by atoms with Crippen molar-refractivity contribution in [2.45, 2.75) is 88.7 Å². The fraction of sp³-hybridized carbons (Fsp3) is 0.486. The van der Waals surface area contributed by atoms with Gasteiger partial charge in [0.15, 0.2) is 5.78 Å². The third-order valence-electron chi connectivity index (χ3n) is 7.91. The van der Waals surface area contributed by atoms with E-state index in [-0.39, 0.29) is 24.7 Å². The second-order valence-electron chi connectivity index (χ2n) is 12.6. The van der Waals surface area contributed by atoms with E-state index < -0.39 is 51.5 Å². The quantitative estimate of drug-likeness (QED) is 0.194. The number of nitrogens with zero attached hydrogens (tertiary/aromatic N) is 1. The molecule has 0 saturated carbocycles. The number of amides is 3. The molecule has 0 fully saturated rings. The molecule has 0 bridgehead atoms. The number of fused-ring (bicyclic) bond motifs is 3. The summed E-state index contributed by atoms with van der Waals surface area (Å²) < 4.78 is 10.8. The zero-order valence-corrected chi connectivity index (χ0v) is 27.8. The number of carbonyl (C=O) groups excluding carboxylic acids is 4. The fourth-order valence-corrected chi connectivity index (χ4v) is 7.85. The highest BCUT2D eigenvalue weighted by molar-refractivity contribution is 8.16. The van der Waals surface area contributed by atoms with Crippen molar-refractivity contribution in [3.05, 3.63) is 59.7 Å². The third kappa shape index (κ3) is 9.19. The van der Waals surface area contributed by atoms with Crippen molar-refractivity contribution in [2.75, 3.05) is 18.9 Å². The Labute approximate surface area is 273 Å². The molecular weight excluding hydrogens is 604 g/mol. The van der Waals surface area contributed by atoms with Crippen LogP contribution in [0.5, 0.6) is 0 Å². The van der Waals surface area contributed by atoms with E-state index in [1.165, 1.54) is 6.92 Å². The summed E-state index contributed by atoms with van der Waals surface area (Å²) in [4.78, 5) is 51.5. The summed E-state index contributed by atoms with van der Waals surface area (Å²) in [6.07, 6.45) is 1.87. The first-order chi connectivity index (χ1) is 22.0. The van der Waals surface area contributed by atoms with Gasteiger partial charge in [0.25, 0.3) is 0 Å². The van der Waals surface area contributed by atoms with Crippen LogP contribution in [0.4, 0.5) is 9.59 Å². The molecule has 0 saturated heterocycles. The number of rotatable bonds is 13. The number of ketones is 1. The predicted octanol–water partition coefficient (Wildman–Crippen LogP) is 5.42. The molecule has 2 aliphatic rings. The molecule has 3 N–H and O–H groups in total. The van der Waals surface area contributed by atoms with Gasteiger partial charge in [-0.3, -0.25) is 9.59 Å². The lowest BCUT2D eigenvalue weighted by molar-refractivity contribution is -0.128. The van der Waals surface area contributed by atoms with Gasteiger partial charge in [-0.05, 0) is 87.8 Å². The van der Waals surface area contributed by atoms with Crippen LogP contribution in [0.1, 0.15) is 76.8 Å². The lowest BCUT2D eigenvalue weighted by atomic mass is 9.98. The van der Waals surface area contributed by atoms with E-state index in [1.54, 1.807) is 20.8 Å². The first-order valence-corrected chi connectivity index (χ1v) is 17.3. The van der Waals surface area contributed by atoms with E-state index in [4.69, 9.17) is 9.47 Å². The summed E-state index contributed by atoms with van der Waals surface area (Å²) >= 11 is 0. The van der Waals surface area contributed by atoms with Crippen LogP contribution < -0.4 is 16.0 Å². The minimum absolute atomic E-state index is 0.106. The zero-order chi connectivity index (χ0) is 33.3. The molecule has 11 heteroatoms. The van der Waals surface area contributed by atoms with Crippen molar-refractivity contribution in [3.63, 3.8) is 0 Å². The van der Waals surface area contributed by atoms with Crippen molar-refractivity contribution in [3.8, 4) is 17.2 Å². The van der Waals surface area contributed by atoms with Gasteiger partial charge < -0.3 is 25.4 Å². The van der Waals surface area contributed by atoms with E-state index in [0.717, 1.165) is 40.8 Å². The maximum Gasteiger partial charge on any atom is 0.407 e.